The number of ether oxygens (including phenoxy) is 1. The summed E-state index contributed by atoms with van der Waals surface area (Å²) >= 11 is 0. The predicted molar refractivity (Wildman–Crippen MR) is 53.7 cm³/mol. The van der Waals surface area contributed by atoms with Crippen molar-refractivity contribution in [2.24, 2.45) is 11.8 Å². The molecule has 1 aromatic carbocycles. The summed E-state index contributed by atoms with van der Waals surface area (Å²) in [7, 11) is 0. The molecule has 0 N–H and O–H groups in total. The molecule has 1 aliphatic carbocycles. The molecule has 0 spiro atoms. The minimum Gasteiger partial charge on any atom is -0.376 e. The maximum absolute atomic E-state index is 12.1. The Kier molecular flexibility index (Phi) is 3.14. The Morgan fingerprint density at radius 3 is 2.64 bits per heavy atom. The fourth-order valence-corrected chi connectivity index (χ4v) is 1.61. The number of hydrogen-bond donors (Lipinski definition) is 0. The lowest BCUT2D eigenvalue weighted by molar-refractivity contribution is 0.106. The van der Waals surface area contributed by atoms with Gasteiger partial charge in [-0.05, 0) is 23.8 Å². The molecule has 0 aliphatic heterocycles. The molecular weight excluding hydrogens is 179 g/mol. The second-order valence-electron chi connectivity index (χ2n) is 3.91. The predicted octanol–water partition coefficient (Wildman–Crippen LogP) is 2.81. The van der Waals surface area contributed by atoms with E-state index in [1.165, 1.54) is 5.56 Å². The molecule has 0 bridgehead atoms. The molecule has 0 radical (unpaired) electrons. The molecule has 0 unspecified atom stereocenters. The minimum absolute atomic E-state index is 0.181. The number of hydrogen-bond acceptors (Lipinski definition) is 1. The molecule has 1 aliphatic rings. The van der Waals surface area contributed by atoms with Gasteiger partial charge >= 0.3 is 0 Å². The van der Waals surface area contributed by atoms with E-state index in [4.69, 9.17) is 4.74 Å². The first kappa shape index (κ1) is 9.66. The molecule has 0 aromatic heterocycles. The van der Waals surface area contributed by atoms with Crippen molar-refractivity contribution in [2.45, 2.75) is 13.0 Å². The second-order valence-corrected chi connectivity index (χ2v) is 3.91. The highest BCUT2D eigenvalue weighted by Crippen LogP contribution is 2.38. The van der Waals surface area contributed by atoms with Gasteiger partial charge in [0.2, 0.25) is 0 Å². The number of rotatable bonds is 5. The van der Waals surface area contributed by atoms with E-state index >= 15 is 0 Å². The van der Waals surface area contributed by atoms with Gasteiger partial charge < -0.3 is 4.74 Å². The average Bonchev–Trinajstić information content (AvgIpc) is 2.98. The summed E-state index contributed by atoms with van der Waals surface area (Å²) in [4.78, 5) is 0. The molecule has 2 atom stereocenters. The summed E-state index contributed by atoms with van der Waals surface area (Å²) in [6, 6.07) is 10.1. The Bertz CT molecular complexity index is 273. The number of alkyl halides is 1. The lowest BCUT2D eigenvalue weighted by Gasteiger charge is -2.02. The van der Waals surface area contributed by atoms with Gasteiger partial charge in [0.05, 0.1) is 19.9 Å². The van der Waals surface area contributed by atoms with Gasteiger partial charge in [-0.2, -0.15) is 0 Å². The second kappa shape index (κ2) is 4.56. The van der Waals surface area contributed by atoms with E-state index in [2.05, 4.69) is 0 Å². The van der Waals surface area contributed by atoms with Gasteiger partial charge in [0.15, 0.2) is 0 Å². The summed E-state index contributed by atoms with van der Waals surface area (Å²) in [5.41, 5.74) is 1.19. The topological polar surface area (TPSA) is 9.23 Å². The quantitative estimate of drug-likeness (QED) is 0.700. The first-order valence-corrected chi connectivity index (χ1v) is 5.08. The lowest BCUT2D eigenvalue weighted by atomic mass is 10.2. The SMILES string of the molecule is FC[C@@H]1C[C@H]1COCc1ccccc1. The molecule has 0 saturated heterocycles. The largest absolute Gasteiger partial charge is 0.376 e. The molecule has 2 rings (SSSR count). The van der Waals surface area contributed by atoms with E-state index in [0.717, 1.165) is 6.42 Å². The molecular formula is C12H15FO. The Labute approximate surface area is 83.9 Å². The molecule has 2 heteroatoms. The zero-order valence-corrected chi connectivity index (χ0v) is 8.16. The minimum atomic E-state index is -0.181. The zero-order valence-electron chi connectivity index (χ0n) is 8.16. The van der Waals surface area contributed by atoms with Crippen LogP contribution in [-0.2, 0) is 11.3 Å². The van der Waals surface area contributed by atoms with Crippen LogP contribution in [0, 0.1) is 11.8 Å². The Morgan fingerprint density at radius 2 is 2.00 bits per heavy atom. The summed E-state index contributed by atoms with van der Waals surface area (Å²) in [6.07, 6.45) is 1.01. The fraction of sp³-hybridized carbons (Fsp3) is 0.500. The van der Waals surface area contributed by atoms with E-state index in [1.807, 2.05) is 30.3 Å². The summed E-state index contributed by atoms with van der Waals surface area (Å²) in [6.45, 7) is 1.18. The third kappa shape index (κ3) is 2.55. The summed E-state index contributed by atoms with van der Waals surface area (Å²) < 4.78 is 17.6. The molecule has 1 aromatic rings. The highest BCUT2D eigenvalue weighted by molar-refractivity contribution is 5.13. The van der Waals surface area contributed by atoms with Crippen LogP contribution < -0.4 is 0 Å². The normalized spacial score (nSPS) is 24.9. The monoisotopic (exact) mass is 194 g/mol. The third-order valence-electron chi connectivity index (χ3n) is 2.71. The smallest absolute Gasteiger partial charge is 0.0926 e. The van der Waals surface area contributed by atoms with Crippen LogP contribution in [0.15, 0.2) is 30.3 Å². The fourth-order valence-electron chi connectivity index (χ4n) is 1.61. The van der Waals surface area contributed by atoms with Crippen LogP contribution >= 0.6 is 0 Å². The van der Waals surface area contributed by atoms with Crippen molar-refractivity contribution in [1.29, 1.82) is 0 Å². The summed E-state index contributed by atoms with van der Waals surface area (Å²) in [5, 5.41) is 0. The van der Waals surface area contributed by atoms with Crippen molar-refractivity contribution in [2.75, 3.05) is 13.3 Å². The van der Waals surface area contributed by atoms with Gasteiger partial charge in [-0.25, -0.2) is 0 Å². The average molecular weight is 194 g/mol. The highest BCUT2D eigenvalue weighted by atomic mass is 19.1. The van der Waals surface area contributed by atoms with Crippen LogP contribution in [0.3, 0.4) is 0 Å². The van der Waals surface area contributed by atoms with Crippen molar-refractivity contribution in [3.05, 3.63) is 35.9 Å². The Hall–Kier alpha value is -0.890. The van der Waals surface area contributed by atoms with Gasteiger partial charge in [0.1, 0.15) is 0 Å². The molecule has 0 heterocycles. The molecule has 76 valence electrons. The van der Waals surface area contributed by atoms with Gasteiger partial charge in [0, 0.05) is 0 Å². The maximum Gasteiger partial charge on any atom is 0.0926 e. The molecule has 14 heavy (non-hydrogen) atoms. The highest BCUT2D eigenvalue weighted by Gasteiger charge is 2.36. The Balaban J connectivity index is 1.64. The number of halogens is 1. The van der Waals surface area contributed by atoms with Crippen molar-refractivity contribution in [1.82, 2.24) is 0 Å². The molecule has 0 amide bonds. The van der Waals surface area contributed by atoms with Gasteiger partial charge in [0.25, 0.3) is 0 Å². The lowest BCUT2D eigenvalue weighted by Crippen LogP contribution is -1.99. The standard InChI is InChI=1S/C12H15FO/c13-7-11-6-12(11)9-14-8-10-4-2-1-3-5-10/h1-5,11-12H,6-9H2/t11-,12-/m0/s1. The van der Waals surface area contributed by atoms with Crippen LogP contribution in [0.2, 0.25) is 0 Å². The first-order valence-electron chi connectivity index (χ1n) is 5.08. The van der Waals surface area contributed by atoms with E-state index in [0.29, 0.717) is 19.1 Å². The summed E-state index contributed by atoms with van der Waals surface area (Å²) in [5.74, 6) is 0.759. The molecule has 1 saturated carbocycles. The van der Waals surface area contributed by atoms with Gasteiger partial charge in [-0.3, -0.25) is 4.39 Å². The van der Waals surface area contributed by atoms with Crippen molar-refractivity contribution in [3.8, 4) is 0 Å². The molecule has 1 nitrogen and oxygen atoms in total. The van der Waals surface area contributed by atoms with Gasteiger partial charge in [-0.15, -0.1) is 0 Å². The van der Waals surface area contributed by atoms with Gasteiger partial charge in [-0.1, -0.05) is 30.3 Å². The van der Waals surface area contributed by atoms with Crippen LogP contribution in [0.4, 0.5) is 4.39 Å². The zero-order chi connectivity index (χ0) is 9.80. The van der Waals surface area contributed by atoms with Crippen LogP contribution in [0.5, 0.6) is 0 Å². The van der Waals surface area contributed by atoms with Crippen molar-refractivity contribution >= 4 is 0 Å². The van der Waals surface area contributed by atoms with E-state index in [9.17, 15) is 4.39 Å². The van der Waals surface area contributed by atoms with E-state index in [-0.39, 0.29) is 12.6 Å². The van der Waals surface area contributed by atoms with Crippen LogP contribution in [0.1, 0.15) is 12.0 Å². The number of benzene rings is 1. The Morgan fingerprint density at radius 1 is 1.21 bits per heavy atom. The van der Waals surface area contributed by atoms with Crippen molar-refractivity contribution in [3.63, 3.8) is 0 Å². The first-order chi connectivity index (χ1) is 6.90. The van der Waals surface area contributed by atoms with E-state index in [1.54, 1.807) is 0 Å². The van der Waals surface area contributed by atoms with Crippen LogP contribution in [-0.4, -0.2) is 13.3 Å². The third-order valence-corrected chi connectivity index (χ3v) is 2.71. The van der Waals surface area contributed by atoms with E-state index < -0.39 is 0 Å². The van der Waals surface area contributed by atoms with Crippen LogP contribution in [0.25, 0.3) is 0 Å². The van der Waals surface area contributed by atoms with Crippen molar-refractivity contribution < 1.29 is 9.13 Å². The maximum atomic E-state index is 12.1. The molecule has 1 fully saturated rings.